The second-order valence-electron chi connectivity index (χ2n) is 5.42. The maximum Gasteiger partial charge on any atom is 0.322 e. The van der Waals surface area contributed by atoms with Crippen molar-refractivity contribution in [2.45, 2.75) is 44.1 Å². The van der Waals surface area contributed by atoms with Crippen molar-refractivity contribution in [2.75, 3.05) is 14.2 Å². The summed E-state index contributed by atoms with van der Waals surface area (Å²) >= 11 is 2.42. The summed E-state index contributed by atoms with van der Waals surface area (Å²) in [6, 6.07) is -0.380. The van der Waals surface area contributed by atoms with Gasteiger partial charge in [-0.15, -0.1) is 0 Å². The van der Waals surface area contributed by atoms with Crippen LogP contribution < -0.4 is 0 Å². The monoisotopic (exact) mass is 351 g/mol. The summed E-state index contributed by atoms with van der Waals surface area (Å²) in [4.78, 5) is 13.2. The molecule has 0 fully saturated rings. The molecule has 0 aliphatic rings. The molecular weight excluding hydrogens is 328 g/mol. The molecule has 5 heteroatoms. The molecule has 2 unspecified atom stereocenters. The first-order chi connectivity index (χ1) is 7.63. The minimum absolute atomic E-state index is 0.157. The van der Waals surface area contributed by atoms with E-state index in [4.69, 9.17) is 12.7 Å². The van der Waals surface area contributed by atoms with E-state index in [0.717, 1.165) is 6.42 Å². The fourth-order valence-electron chi connectivity index (χ4n) is 2.02. The van der Waals surface area contributed by atoms with Gasteiger partial charge in [-0.05, 0) is 24.8 Å². The molecule has 0 heterocycles. The van der Waals surface area contributed by atoms with Crippen molar-refractivity contribution in [3.05, 3.63) is 0 Å². The molecule has 3 atom stereocenters. The average Bonchev–Trinajstić information content (AvgIpc) is 2.15. The fraction of sp³-hybridized carbons (Fsp3) is 0.917. The van der Waals surface area contributed by atoms with Crippen molar-refractivity contribution >= 4 is 36.5 Å². The Kier molecular flexibility index (Phi) is 7.06. The number of methoxy groups -OCH3 is 1. The van der Waals surface area contributed by atoms with Crippen LogP contribution in [-0.2, 0) is 9.53 Å². The van der Waals surface area contributed by atoms with Gasteiger partial charge in [0.15, 0.2) is 7.98 Å². The highest BCUT2D eigenvalue weighted by molar-refractivity contribution is 14.1. The molecule has 0 aliphatic heterocycles. The number of hydrogen-bond acceptors (Lipinski definition) is 3. The number of rotatable bonds is 6. The highest BCUT2D eigenvalue weighted by atomic mass is 127. The van der Waals surface area contributed by atoms with E-state index >= 15 is 0 Å². The molecule has 3 nitrogen and oxygen atoms in total. The van der Waals surface area contributed by atoms with Gasteiger partial charge < -0.3 is 9.55 Å². The maximum absolute atomic E-state index is 11.7. The van der Waals surface area contributed by atoms with E-state index in [0.29, 0.717) is 3.92 Å². The largest absolute Gasteiger partial charge is 0.468 e. The molecule has 0 rings (SSSR count). The lowest BCUT2D eigenvalue weighted by Crippen LogP contribution is -2.44. The van der Waals surface area contributed by atoms with Crippen LogP contribution in [0.2, 0.25) is 0 Å². The molecule has 0 aliphatic carbocycles. The lowest BCUT2D eigenvalue weighted by molar-refractivity contribution is -0.146. The van der Waals surface area contributed by atoms with Crippen LogP contribution in [0, 0.1) is 11.3 Å². The zero-order valence-electron chi connectivity index (χ0n) is 11.7. The minimum Gasteiger partial charge on any atom is -0.468 e. The third kappa shape index (κ3) is 5.16. The first kappa shape index (κ1) is 17.2. The summed E-state index contributed by atoms with van der Waals surface area (Å²) in [6.07, 6.45) is 0.929. The van der Waals surface area contributed by atoms with Crippen LogP contribution in [0.5, 0.6) is 0 Å². The third-order valence-corrected chi connectivity index (χ3v) is 5.03. The number of likely N-dealkylation sites (N-methyl/N-ethyl adjacent to an activating group) is 1. The highest BCUT2D eigenvalue weighted by Crippen LogP contribution is 2.35. The number of carbonyl (C=O) groups is 1. The predicted octanol–water partition coefficient (Wildman–Crippen LogP) is 2.42. The molecule has 0 bridgehead atoms. The van der Waals surface area contributed by atoms with Crippen molar-refractivity contribution in [2.24, 2.45) is 11.3 Å². The highest BCUT2D eigenvalue weighted by Gasteiger charge is 2.33. The normalized spacial score (nSPS) is 17.6. The zero-order chi connectivity index (χ0) is 13.8. The van der Waals surface area contributed by atoms with Crippen molar-refractivity contribution in [1.29, 1.82) is 0 Å². The van der Waals surface area contributed by atoms with E-state index in [1.54, 1.807) is 7.05 Å². The van der Waals surface area contributed by atoms with Crippen molar-refractivity contribution < 1.29 is 9.53 Å². The van der Waals surface area contributed by atoms with E-state index in [1.165, 1.54) is 11.9 Å². The lowest BCUT2D eigenvalue weighted by Gasteiger charge is -2.35. The second kappa shape index (κ2) is 6.97. The number of alkyl halides is 1. The van der Waals surface area contributed by atoms with Crippen LogP contribution >= 0.6 is 22.6 Å². The Morgan fingerprint density at radius 3 is 2.24 bits per heavy atom. The quantitative estimate of drug-likeness (QED) is 0.319. The summed E-state index contributed by atoms with van der Waals surface area (Å²) in [6.45, 7) is 8.66. The fourth-order valence-corrected chi connectivity index (χ4v) is 2.28. The first-order valence-electron chi connectivity index (χ1n) is 5.83. The molecule has 0 saturated heterocycles. The number of halogens is 1. The maximum atomic E-state index is 11.7. The Bertz CT molecular complexity index is 257. The minimum atomic E-state index is -0.380. The van der Waals surface area contributed by atoms with Gasteiger partial charge in [-0.2, -0.15) is 0 Å². The van der Waals surface area contributed by atoms with E-state index in [-0.39, 0.29) is 23.3 Å². The molecule has 2 radical (unpaired) electrons. The average molecular weight is 351 g/mol. The van der Waals surface area contributed by atoms with E-state index in [1.807, 2.05) is 6.92 Å². The van der Waals surface area contributed by atoms with Crippen molar-refractivity contribution in [1.82, 2.24) is 4.81 Å². The molecular formula is C12H23BINO2. The third-order valence-electron chi connectivity index (χ3n) is 3.35. The standard InChI is InChI=1S/C12H23BINO2/c1-8(7-12(3,4)9(2)14)10(15(5)13)11(16)17-6/h8-10H,7H2,1-6H3/t8?,9?,10-/m0/s1. The predicted molar refractivity (Wildman–Crippen MR) is 80.4 cm³/mol. The number of carbonyl (C=O) groups excluding carboxylic acids is 1. The van der Waals surface area contributed by atoms with Gasteiger partial charge in [0.05, 0.1) is 7.11 Å². The Morgan fingerprint density at radius 1 is 1.47 bits per heavy atom. The molecule has 0 aromatic heterocycles. The Morgan fingerprint density at radius 2 is 1.94 bits per heavy atom. The Labute approximate surface area is 120 Å². The van der Waals surface area contributed by atoms with Crippen LogP contribution in [0.3, 0.4) is 0 Å². The Balaban J connectivity index is 4.75. The Hall–Kier alpha value is 0.225. The molecule has 0 spiro atoms. The summed E-state index contributed by atoms with van der Waals surface area (Å²) in [7, 11) is 8.85. The topological polar surface area (TPSA) is 29.5 Å². The number of nitrogens with zero attached hydrogens (tertiary/aromatic N) is 1. The van der Waals surface area contributed by atoms with Crippen LogP contribution in [0.1, 0.15) is 34.1 Å². The molecule has 98 valence electrons. The summed E-state index contributed by atoms with van der Waals surface area (Å²) in [5.41, 5.74) is 0.169. The van der Waals surface area contributed by atoms with Gasteiger partial charge in [0, 0.05) is 3.92 Å². The van der Waals surface area contributed by atoms with Crippen molar-refractivity contribution in [3.63, 3.8) is 0 Å². The molecule has 0 N–H and O–H groups in total. The van der Waals surface area contributed by atoms with Gasteiger partial charge in [0.1, 0.15) is 6.04 Å². The van der Waals surface area contributed by atoms with Gasteiger partial charge in [0.25, 0.3) is 0 Å². The van der Waals surface area contributed by atoms with Gasteiger partial charge in [0.2, 0.25) is 0 Å². The van der Waals surface area contributed by atoms with E-state index in [9.17, 15) is 4.79 Å². The molecule has 0 amide bonds. The van der Waals surface area contributed by atoms with Crippen molar-refractivity contribution in [3.8, 4) is 0 Å². The van der Waals surface area contributed by atoms with Crippen LogP contribution in [-0.4, -0.2) is 42.9 Å². The molecule has 0 aromatic rings. The van der Waals surface area contributed by atoms with Gasteiger partial charge >= 0.3 is 5.97 Å². The molecule has 17 heavy (non-hydrogen) atoms. The summed E-state index contributed by atoms with van der Waals surface area (Å²) in [5.74, 6) is -0.107. The lowest BCUT2D eigenvalue weighted by atomic mass is 9.78. The number of hydrogen-bond donors (Lipinski definition) is 0. The van der Waals surface area contributed by atoms with E-state index < -0.39 is 0 Å². The van der Waals surface area contributed by atoms with E-state index in [2.05, 4.69) is 43.4 Å². The molecule has 0 aromatic carbocycles. The molecule has 0 saturated carbocycles. The summed E-state index contributed by atoms with van der Waals surface area (Å²) in [5, 5.41) is 0. The zero-order valence-corrected chi connectivity index (χ0v) is 13.8. The summed E-state index contributed by atoms with van der Waals surface area (Å²) < 4.78 is 5.34. The van der Waals surface area contributed by atoms with Crippen LogP contribution in [0.15, 0.2) is 0 Å². The first-order valence-corrected chi connectivity index (χ1v) is 7.07. The van der Waals surface area contributed by atoms with Gasteiger partial charge in [-0.3, -0.25) is 4.79 Å². The SMILES string of the molecule is [B]N(C)[C@H](C(=O)OC)C(C)CC(C)(C)C(C)I. The second-order valence-corrected chi connectivity index (χ2v) is 7.29. The van der Waals surface area contributed by atoms with Gasteiger partial charge in [-0.1, -0.05) is 50.3 Å². The number of esters is 1. The smallest absolute Gasteiger partial charge is 0.322 e. The van der Waals surface area contributed by atoms with Crippen LogP contribution in [0.4, 0.5) is 0 Å². The van der Waals surface area contributed by atoms with Crippen LogP contribution in [0.25, 0.3) is 0 Å². The van der Waals surface area contributed by atoms with Gasteiger partial charge in [-0.25, -0.2) is 0 Å². The number of ether oxygens (including phenoxy) is 1.